The van der Waals surface area contributed by atoms with Gasteiger partial charge in [-0.3, -0.25) is 0 Å². The van der Waals surface area contributed by atoms with E-state index in [-0.39, 0.29) is 12.2 Å². The summed E-state index contributed by atoms with van der Waals surface area (Å²) in [6.45, 7) is 4.41. The predicted molar refractivity (Wildman–Crippen MR) is 105 cm³/mol. The highest BCUT2D eigenvalue weighted by atomic mass is 16.7. The predicted octanol–water partition coefficient (Wildman–Crippen LogP) is -0.614. The van der Waals surface area contributed by atoms with Crippen LogP contribution in [0, 0.1) is 0 Å². The number of carbonyl (C=O) groups excluding carboxylic acids is 1. The Morgan fingerprint density at radius 3 is 2.23 bits per heavy atom. The molecule has 1 heterocycles. The SMILES string of the molecule is CC(C)(C)OC(=O)N[C@@H](Cc1ccc(O[C@@H]2O[C@H](CO)C(O)C(O)[C@@H]2O)cc1)C(=O)O. The van der Waals surface area contributed by atoms with Crippen molar-refractivity contribution in [2.75, 3.05) is 6.61 Å². The van der Waals surface area contributed by atoms with E-state index in [0.29, 0.717) is 5.56 Å². The van der Waals surface area contributed by atoms with Gasteiger partial charge in [-0.1, -0.05) is 12.1 Å². The highest BCUT2D eigenvalue weighted by Gasteiger charge is 2.44. The van der Waals surface area contributed by atoms with E-state index in [0.717, 1.165) is 0 Å². The zero-order chi connectivity index (χ0) is 23.3. The number of alkyl carbamates (subject to hydrolysis) is 1. The Morgan fingerprint density at radius 1 is 1.10 bits per heavy atom. The molecular weight excluding hydrogens is 414 g/mol. The minimum Gasteiger partial charge on any atom is -0.480 e. The van der Waals surface area contributed by atoms with E-state index in [9.17, 15) is 35.1 Å². The molecule has 1 aromatic carbocycles. The number of carbonyl (C=O) groups is 2. The van der Waals surface area contributed by atoms with E-state index >= 15 is 0 Å². The van der Waals surface area contributed by atoms with Gasteiger partial charge in [0.05, 0.1) is 6.61 Å². The Labute approximate surface area is 179 Å². The van der Waals surface area contributed by atoms with Crippen molar-refractivity contribution >= 4 is 12.1 Å². The van der Waals surface area contributed by atoms with Crippen molar-refractivity contribution < 1.29 is 49.3 Å². The molecule has 11 heteroatoms. The monoisotopic (exact) mass is 443 g/mol. The van der Waals surface area contributed by atoms with Crippen molar-refractivity contribution in [3.63, 3.8) is 0 Å². The van der Waals surface area contributed by atoms with Crippen LogP contribution in [-0.4, -0.2) is 86.6 Å². The molecular formula is C20H29NO10. The van der Waals surface area contributed by atoms with Crippen LogP contribution in [0.25, 0.3) is 0 Å². The van der Waals surface area contributed by atoms with E-state index in [1.54, 1.807) is 32.9 Å². The van der Waals surface area contributed by atoms with Crippen molar-refractivity contribution in [3.05, 3.63) is 29.8 Å². The van der Waals surface area contributed by atoms with Crippen molar-refractivity contribution in [2.24, 2.45) is 0 Å². The molecule has 0 radical (unpaired) electrons. The fourth-order valence-corrected chi connectivity index (χ4v) is 2.89. The van der Waals surface area contributed by atoms with Crippen molar-refractivity contribution in [1.29, 1.82) is 0 Å². The number of aliphatic hydroxyl groups is 4. The third-order valence-corrected chi connectivity index (χ3v) is 4.45. The van der Waals surface area contributed by atoms with Crippen LogP contribution in [0.4, 0.5) is 4.79 Å². The molecule has 1 amide bonds. The quantitative estimate of drug-likeness (QED) is 0.319. The molecule has 6 N–H and O–H groups in total. The lowest BCUT2D eigenvalue weighted by atomic mass is 9.99. The Kier molecular flexibility index (Phi) is 8.21. The maximum atomic E-state index is 11.9. The van der Waals surface area contributed by atoms with Crippen LogP contribution < -0.4 is 10.1 Å². The second-order valence-electron chi connectivity index (χ2n) is 8.20. The van der Waals surface area contributed by atoms with Gasteiger partial charge in [0.15, 0.2) is 0 Å². The summed E-state index contributed by atoms with van der Waals surface area (Å²) >= 11 is 0. The lowest BCUT2D eigenvalue weighted by Gasteiger charge is -2.39. The minimum atomic E-state index is -1.56. The lowest BCUT2D eigenvalue weighted by Crippen LogP contribution is -2.60. The van der Waals surface area contributed by atoms with Gasteiger partial charge >= 0.3 is 12.1 Å². The fraction of sp³-hybridized carbons (Fsp3) is 0.600. The zero-order valence-corrected chi connectivity index (χ0v) is 17.5. The highest BCUT2D eigenvalue weighted by molar-refractivity contribution is 5.80. The average molecular weight is 443 g/mol. The number of aliphatic carboxylic acids is 1. The number of aliphatic hydroxyl groups excluding tert-OH is 4. The number of ether oxygens (including phenoxy) is 3. The van der Waals surface area contributed by atoms with Gasteiger partial charge in [0.1, 0.15) is 41.8 Å². The first kappa shape index (κ1) is 24.8. The molecule has 0 aliphatic carbocycles. The molecule has 1 saturated heterocycles. The molecule has 1 aliphatic heterocycles. The largest absolute Gasteiger partial charge is 0.480 e. The van der Waals surface area contributed by atoms with Crippen molar-refractivity contribution in [1.82, 2.24) is 5.32 Å². The standard InChI is InChI=1S/C20H29NO10/c1-20(2,3)31-19(28)21-12(17(26)27)8-10-4-6-11(7-5-10)29-18-16(25)15(24)14(23)13(9-22)30-18/h4-7,12-16,18,22-25H,8-9H2,1-3H3,(H,21,28)(H,26,27)/t12-,13+,14?,15?,16-,18+/m0/s1. The second kappa shape index (κ2) is 10.2. The second-order valence-corrected chi connectivity index (χ2v) is 8.20. The number of carboxylic acids is 1. The summed E-state index contributed by atoms with van der Waals surface area (Å²) in [5, 5.41) is 50.5. The van der Waals surface area contributed by atoms with Gasteiger partial charge in [0, 0.05) is 6.42 Å². The molecule has 1 aromatic rings. The Bertz CT molecular complexity index is 745. The summed E-state index contributed by atoms with van der Waals surface area (Å²) in [7, 11) is 0. The summed E-state index contributed by atoms with van der Waals surface area (Å²) < 4.78 is 15.8. The van der Waals surface area contributed by atoms with Gasteiger partial charge in [0.25, 0.3) is 0 Å². The van der Waals surface area contributed by atoms with E-state index in [2.05, 4.69) is 5.32 Å². The summed E-state index contributed by atoms with van der Waals surface area (Å²) in [4.78, 5) is 23.3. The van der Waals surface area contributed by atoms with E-state index in [4.69, 9.17) is 14.2 Å². The van der Waals surface area contributed by atoms with Crippen LogP contribution >= 0.6 is 0 Å². The van der Waals surface area contributed by atoms with Gasteiger partial charge < -0.3 is 45.1 Å². The minimum absolute atomic E-state index is 0.0189. The van der Waals surface area contributed by atoms with Crippen LogP contribution in [0.3, 0.4) is 0 Å². The number of carboxylic acid groups (broad SMARTS) is 1. The molecule has 0 saturated carbocycles. The van der Waals surface area contributed by atoms with Gasteiger partial charge in [-0.15, -0.1) is 0 Å². The van der Waals surface area contributed by atoms with E-state index in [1.165, 1.54) is 12.1 Å². The first-order valence-corrected chi connectivity index (χ1v) is 9.69. The normalized spacial score (nSPS) is 27.3. The molecule has 0 bridgehead atoms. The Hall–Kier alpha value is -2.44. The third kappa shape index (κ3) is 7.04. The molecule has 6 atom stereocenters. The molecule has 1 fully saturated rings. The summed E-state index contributed by atoms with van der Waals surface area (Å²) in [5.74, 6) is -0.993. The number of amides is 1. The van der Waals surface area contributed by atoms with Crippen LogP contribution in [-0.2, 0) is 20.7 Å². The van der Waals surface area contributed by atoms with Crippen LogP contribution in [0.15, 0.2) is 24.3 Å². The number of benzene rings is 1. The van der Waals surface area contributed by atoms with Gasteiger partial charge in [-0.25, -0.2) is 9.59 Å². The smallest absolute Gasteiger partial charge is 0.408 e. The first-order chi connectivity index (χ1) is 14.4. The molecule has 2 rings (SSSR count). The molecule has 2 unspecified atom stereocenters. The van der Waals surface area contributed by atoms with Crippen molar-refractivity contribution in [3.8, 4) is 5.75 Å². The lowest BCUT2D eigenvalue weighted by molar-refractivity contribution is -0.277. The Morgan fingerprint density at radius 2 is 1.71 bits per heavy atom. The maximum absolute atomic E-state index is 11.9. The fourth-order valence-electron chi connectivity index (χ4n) is 2.89. The Balaban J connectivity index is 2.00. The first-order valence-electron chi connectivity index (χ1n) is 9.69. The van der Waals surface area contributed by atoms with E-state index < -0.39 is 61.0 Å². The maximum Gasteiger partial charge on any atom is 0.408 e. The summed E-state index contributed by atoms with van der Waals surface area (Å²) in [6.07, 6.45) is -7.90. The third-order valence-electron chi connectivity index (χ3n) is 4.45. The number of nitrogens with one attached hydrogen (secondary N) is 1. The number of rotatable bonds is 7. The molecule has 0 aromatic heterocycles. The van der Waals surface area contributed by atoms with Crippen LogP contribution in [0.5, 0.6) is 5.75 Å². The summed E-state index contributed by atoms with van der Waals surface area (Å²) in [5.41, 5.74) is -0.194. The summed E-state index contributed by atoms with van der Waals surface area (Å²) in [6, 6.07) is 4.89. The van der Waals surface area contributed by atoms with Crippen molar-refractivity contribution in [2.45, 2.75) is 69.5 Å². The topological polar surface area (TPSA) is 175 Å². The molecule has 0 spiro atoms. The molecule has 1 aliphatic rings. The van der Waals surface area contributed by atoms with E-state index in [1.807, 2.05) is 0 Å². The van der Waals surface area contributed by atoms with Gasteiger partial charge in [-0.2, -0.15) is 0 Å². The number of hydrogen-bond acceptors (Lipinski definition) is 9. The average Bonchev–Trinajstić information content (AvgIpc) is 2.67. The highest BCUT2D eigenvalue weighted by Crippen LogP contribution is 2.24. The molecule has 174 valence electrons. The van der Waals surface area contributed by atoms with Gasteiger partial charge in [-0.05, 0) is 38.5 Å². The molecule has 31 heavy (non-hydrogen) atoms. The van der Waals surface area contributed by atoms with Crippen LogP contribution in [0.1, 0.15) is 26.3 Å². The zero-order valence-electron chi connectivity index (χ0n) is 17.5. The number of hydrogen-bond donors (Lipinski definition) is 6. The molecule has 11 nitrogen and oxygen atoms in total. The van der Waals surface area contributed by atoms with Crippen LogP contribution in [0.2, 0.25) is 0 Å². The van der Waals surface area contributed by atoms with Gasteiger partial charge in [0.2, 0.25) is 6.29 Å².